The second-order valence-corrected chi connectivity index (χ2v) is 5.02. The highest BCUT2D eigenvalue weighted by Crippen LogP contribution is 2.35. The molecule has 24 heavy (non-hydrogen) atoms. The number of ketones is 1. The Bertz CT molecular complexity index is 849. The molecule has 0 N–H and O–H groups in total. The van der Waals surface area contributed by atoms with Crippen molar-refractivity contribution in [3.63, 3.8) is 0 Å². The Hall–Kier alpha value is -3.26. The Kier molecular flexibility index (Phi) is 4.48. The van der Waals surface area contributed by atoms with Gasteiger partial charge in [0.2, 0.25) is 5.78 Å². The van der Waals surface area contributed by atoms with Gasteiger partial charge in [-0.15, -0.1) is 0 Å². The van der Waals surface area contributed by atoms with Crippen LogP contribution in [-0.2, 0) is 0 Å². The van der Waals surface area contributed by atoms with Crippen molar-refractivity contribution < 1.29 is 19.0 Å². The maximum atomic E-state index is 12.5. The van der Waals surface area contributed by atoms with E-state index in [1.165, 1.54) is 0 Å². The molecule has 2 aromatic rings. The molecule has 0 atom stereocenters. The summed E-state index contributed by atoms with van der Waals surface area (Å²) in [5, 5.41) is 8.56. The Morgan fingerprint density at radius 2 is 2.04 bits per heavy atom. The van der Waals surface area contributed by atoms with Crippen molar-refractivity contribution in [1.29, 1.82) is 5.26 Å². The lowest BCUT2D eigenvalue weighted by Crippen LogP contribution is -1.99. The smallest absolute Gasteiger partial charge is 0.231 e. The van der Waals surface area contributed by atoms with Gasteiger partial charge in [-0.25, -0.2) is 0 Å². The maximum absolute atomic E-state index is 12.5. The summed E-state index contributed by atoms with van der Waals surface area (Å²) in [5.74, 6) is 1.64. The molecule has 5 nitrogen and oxygen atoms in total. The van der Waals surface area contributed by atoms with E-state index in [0.717, 1.165) is 5.56 Å². The fraction of sp³-hybridized carbons (Fsp3) is 0.158. The summed E-state index contributed by atoms with van der Waals surface area (Å²) in [6.45, 7) is 2.38. The van der Waals surface area contributed by atoms with Crippen LogP contribution in [0.5, 0.6) is 17.2 Å². The van der Waals surface area contributed by atoms with Crippen molar-refractivity contribution in [2.24, 2.45) is 0 Å². The van der Waals surface area contributed by atoms with Crippen LogP contribution in [0.3, 0.4) is 0 Å². The number of allylic oxidation sites excluding steroid dienone is 1. The van der Waals surface area contributed by atoms with Gasteiger partial charge in [0.25, 0.3) is 0 Å². The van der Waals surface area contributed by atoms with E-state index >= 15 is 0 Å². The molecule has 0 radical (unpaired) electrons. The van der Waals surface area contributed by atoms with Crippen LogP contribution in [-0.4, -0.2) is 19.0 Å². The molecule has 0 aromatic heterocycles. The first-order chi connectivity index (χ1) is 11.7. The number of benzene rings is 2. The molecule has 0 aliphatic carbocycles. The van der Waals surface area contributed by atoms with E-state index in [-0.39, 0.29) is 18.1 Å². The summed E-state index contributed by atoms with van der Waals surface area (Å²) in [6, 6.07) is 14.2. The summed E-state index contributed by atoms with van der Waals surface area (Å²) in [6.07, 6.45) is 1.67. The molecule has 0 saturated heterocycles. The number of carbonyl (C=O) groups excluding carboxylic acids is 1. The van der Waals surface area contributed by atoms with E-state index in [4.69, 9.17) is 19.5 Å². The number of fused-ring (bicyclic) bond motifs is 1. The van der Waals surface area contributed by atoms with Crippen LogP contribution in [0.15, 0.2) is 48.2 Å². The summed E-state index contributed by atoms with van der Waals surface area (Å²) in [5.41, 5.74) is 1.25. The number of nitriles is 1. The van der Waals surface area contributed by atoms with Crippen molar-refractivity contribution >= 4 is 11.9 Å². The quantitative estimate of drug-likeness (QED) is 0.787. The Morgan fingerprint density at radius 3 is 2.83 bits per heavy atom. The summed E-state index contributed by atoms with van der Waals surface area (Å²) in [7, 11) is 0. The predicted molar refractivity (Wildman–Crippen MR) is 88.1 cm³/mol. The fourth-order valence-electron chi connectivity index (χ4n) is 2.40. The molecule has 0 amide bonds. The highest BCUT2D eigenvalue weighted by atomic mass is 16.5. The van der Waals surface area contributed by atoms with Gasteiger partial charge in [0.1, 0.15) is 23.3 Å². The topological polar surface area (TPSA) is 68.6 Å². The molecule has 2 aromatic carbocycles. The minimum Gasteiger partial charge on any atom is -0.493 e. The minimum atomic E-state index is -0.192. The lowest BCUT2D eigenvalue weighted by molar-refractivity contribution is 0.101. The minimum absolute atomic E-state index is 0.0584. The number of hydrogen-bond acceptors (Lipinski definition) is 5. The van der Waals surface area contributed by atoms with Crippen molar-refractivity contribution in [3.05, 3.63) is 59.4 Å². The third-order valence-corrected chi connectivity index (χ3v) is 3.45. The monoisotopic (exact) mass is 321 g/mol. The summed E-state index contributed by atoms with van der Waals surface area (Å²) >= 11 is 0. The molecule has 1 aliphatic heterocycles. The van der Waals surface area contributed by atoms with Gasteiger partial charge < -0.3 is 14.2 Å². The zero-order chi connectivity index (χ0) is 16.9. The zero-order valence-electron chi connectivity index (χ0n) is 13.1. The standard InChI is InChI=1S/C19H15NO4/c1-2-22-16-6-4-3-5-13(16)11-18-19(21)15-8-7-14(23-10-9-20)12-17(15)24-18/h3-8,11-12H,2,10H2,1H3/b18-11-. The van der Waals surface area contributed by atoms with Gasteiger partial charge in [-0.2, -0.15) is 5.26 Å². The predicted octanol–water partition coefficient (Wildman–Crippen LogP) is 3.60. The molecule has 0 bridgehead atoms. The van der Waals surface area contributed by atoms with Crippen LogP contribution in [0.25, 0.3) is 6.08 Å². The van der Waals surface area contributed by atoms with Crippen LogP contribution in [0.2, 0.25) is 0 Å². The molecule has 3 rings (SSSR count). The molecular formula is C19H15NO4. The van der Waals surface area contributed by atoms with Gasteiger partial charge >= 0.3 is 0 Å². The van der Waals surface area contributed by atoms with Crippen LogP contribution in [0, 0.1) is 11.3 Å². The average molecular weight is 321 g/mol. The number of nitrogens with zero attached hydrogens (tertiary/aromatic N) is 1. The van der Waals surface area contributed by atoms with Gasteiger partial charge in [0.15, 0.2) is 12.4 Å². The van der Waals surface area contributed by atoms with Gasteiger partial charge in [0.05, 0.1) is 12.2 Å². The zero-order valence-corrected chi connectivity index (χ0v) is 13.1. The maximum Gasteiger partial charge on any atom is 0.231 e. The third-order valence-electron chi connectivity index (χ3n) is 3.45. The van der Waals surface area contributed by atoms with Gasteiger partial charge in [-0.05, 0) is 31.2 Å². The van der Waals surface area contributed by atoms with Crippen molar-refractivity contribution in [1.82, 2.24) is 0 Å². The van der Waals surface area contributed by atoms with E-state index < -0.39 is 0 Å². The van der Waals surface area contributed by atoms with E-state index in [1.807, 2.05) is 37.3 Å². The number of ether oxygens (including phenoxy) is 3. The number of hydrogen-bond donors (Lipinski definition) is 0. The van der Waals surface area contributed by atoms with Crippen molar-refractivity contribution in [2.45, 2.75) is 6.92 Å². The molecule has 120 valence electrons. The summed E-state index contributed by atoms with van der Waals surface area (Å²) < 4.78 is 16.5. The normalized spacial score (nSPS) is 14.0. The molecule has 5 heteroatoms. The largest absolute Gasteiger partial charge is 0.493 e. The molecule has 1 aliphatic rings. The lowest BCUT2D eigenvalue weighted by atomic mass is 10.1. The van der Waals surface area contributed by atoms with E-state index in [2.05, 4.69) is 0 Å². The van der Waals surface area contributed by atoms with Gasteiger partial charge in [-0.3, -0.25) is 4.79 Å². The summed E-state index contributed by atoms with van der Waals surface area (Å²) in [4.78, 5) is 12.5. The van der Waals surface area contributed by atoms with Gasteiger partial charge in [0, 0.05) is 11.6 Å². The first-order valence-corrected chi connectivity index (χ1v) is 7.52. The van der Waals surface area contributed by atoms with E-state index in [0.29, 0.717) is 29.4 Å². The fourth-order valence-corrected chi connectivity index (χ4v) is 2.40. The van der Waals surface area contributed by atoms with Crippen LogP contribution in [0.1, 0.15) is 22.8 Å². The number of para-hydroxylation sites is 1. The molecule has 0 fully saturated rings. The number of Topliss-reactive ketones (excluding diaryl/α,β-unsaturated/α-hetero) is 1. The molecule has 0 saturated carbocycles. The Labute approximate surface area is 139 Å². The average Bonchev–Trinajstić information content (AvgIpc) is 2.90. The first kappa shape index (κ1) is 15.6. The highest BCUT2D eigenvalue weighted by Gasteiger charge is 2.28. The molecular weight excluding hydrogens is 306 g/mol. The van der Waals surface area contributed by atoms with Crippen LogP contribution >= 0.6 is 0 Å². The number of carbonyl (C=O) groups is 1. The highest BCUT2D eigenvalue weighted by molar-refractivity contribution is 6.14. The molecule has 0 unspecified atom stereocenters. The van der Waals surface area contributed by atoms with E-state index in [9.17, 15) is 4.79 Å². The Balaban J connectivity index is 1.89. The molecule has 1 heterocycles. The second-order valence-electron chi connectivity index (χ2n) is 5.02. The second kappa shape index (κ2) is 6.88. The van der Waals surface area contributed by atoms with Crippen LogP contribution < -0.4 is 14.2 Å². The number of rotatable bonds is 5. The van der Waals surface area contributed by atoms with Gasteiger partial charge in [-0.1, -0.05) is 18.2 Å². The molecule has 0 spiro atoms. The SMILES string of the molecule is CCOc1ccccc1/C=C1\Oc2cc(OCC#N)ccc2C1=O. The van der Waals surface area contributed by atoms with Crippen molar-refractivity contribution in [3.8, 4) is 23.3 Å². The van der Waals surface area contributed by atoms with Crippen LogP contribution in [0.4, 0.5) is 0 Å². The van der Waals surface area contributed by atoms with E-state index in [1.54, 1.807) is 24.3 Å². The lowest BCUT2D eigenvalue weighted by Gasteiger charge is -2.07. The first-order valence-electron chi connectivity index (χ1n) is 7.52. The third kappa shape index (κ3) is 3.08. The Morgan fingerprint density at radius 1 is 1.21 bits per heavy atom. The van der Waals surface area contributed by atoms with Crippen molar-refractivity contribution in [2.75, 3.05) is 13.2 Å².